The normalized spacial score (nSPS) is 20.9. The van der Waals surface area contributed by atoms with Gasteiger partial charge in [-0.05, 0) is 37.5 Å². The summed E-state index contributed by atoms with van der Waals surface area (Å²) in [4.78, 5) is 23.3. The minimum Gasteiger partial charge on any atom is -0.466 e. The first-order valence-electron chi connectivity index (χ1n) is 6.55. The number of ketones is 1. The zero-order valence-electron chi connectivity index (χ0n) is 10.9. The van der Waals surface area contributed by atoms with Gasteiger partial charge in [-0.3, -0.25) is 9.59 Å². The average molecular weight is 264 g/mol. The van der Waals surface area contributed by atoms with E-state index in [0.29, 0.717) is 25.9 Å². The van der Waals surface area contributed by atoms with Crippen LogP contribution in [0.5, 0.6) is 0 Å². The van der Waals surface area contributed by atoms with Gasteiger partial charge < -0.3 is 4.74 Å². The van der Waals surface area contributed by atoms with E-state index in [4.69, 9.17) is 4.74 Å². The first-order chi connectivity index (χ1) is 9.11. The van der Waals surface area contributed by atoms with Crippen molar-refractivity contribution in [2.45, 2.75) is 26.2 Å². The number of carbonyl (C=O) groups is 2. The summed E-state index contributed by atoms with van der Waals surface area (Å²) in [7, 11) is 0. The van der Waals surface area contributed by atoms with Crippen LogP contribution in [0.25, 0.3) is 0 Å². The molecule has 2 atom stereocenters. The molecule has 102 valence electrons. The second-order valence-electron chi connectivity index (χ2n) is 4.79. The Hall–Kier alpha value is -1.71. The van der Waals surface area contributed by atoms with Crippen LogP contribution < -0.4 is 0 Å². The Kier molecular flexibility index (Phi) is 4.30. The van der Waals surface area contributed by atoms with Crippen LogP contribution in [0.4, 0.5) is 4.39 Å². The average Bonchev–Trinajstić information content (AvgIpc) is 3.18. The summed E-state index contributed by atoms with van der Waals surface area (Å²) >= 11 is 0. The first-order valence-corrected chi connectivity index (χ1v) is 6.55. The van der Waals surface area contributed by atoms with Crippen LogP contribution in [0.15, 0.2) is 24.3 Å². The van der Waals surface area contributed by atoms with Crippen molar-refractivity contribution in [3.8, 4) is 0 Å². The van der Waals surface area contributed by atoms with E-state index in [0.717, 1.165) is 5.56 Å². The maximum absolute atomic E-state index is 12.7. The summed E-state index contributed by atoms with van der Waals surface area (Å²) in [6, 6.07) is 6.13. The van der Waals surface area contributed by atoms with Crippen molar-refractivity contribution in [1.29, 1.82) is 0 Å². The van der Waals surface area contributed by atoms with E-state index in [1.54, 1.807) is 19.1 Å². The summed E-state index contributed by atoms with van der Waals surface area (Å²) < 4.78 is 17.6. The molecule has 4 heteroatoms. The maximum atomic E-state index is 12.7. The van der Waals surface area contributed by atoms with Crippen LogP contribution in [0.1, 0.15) is 25.3 Å². The van der Waals surface area contributed by atoms with Gasteiger partial charge in [-0.1, -0.05) is 12.1 Å². The van der Waals surface area contributed by atoms with Gasteiger partial charge in [0.2, 0.25) is 0 Å². The van der Waals surface area contributed by atoms with Crippen molar-refractivity contribution >= 4 is 11.8 Å². The molecule has 0 bridgehead atoms. The lowest BCUT2D eigenvalue weighted by molar-refractivity contribution is -0.145. The molecule has 1 aliphatic rings. The van der Waals surface area contributed by atoms with Gasteiger partial charge in [0.05, 0.1) is 12.5 Å². The largest absolute Gasteiger partial charge is 0.466 e. The number of Topliss-reactive ketones (excluding diaryl/α,β-unsaturated/α-hetero) is 1. The van der Waals surface area contributed by atoms with Crippen LogP contribution >= 0.6 is 0 Å². The number of benzene rings is 1. The molecule has 1 aromatic carbocycles. The Morgan fingerprint density at radius 1 is 1.26 bits per heavy atom. The molecule has 0 radical (unpaired) electrons. The highest BCUT2D eigenvalue weighted by Crippen LogP contribution is 2.41. The standard InChI is InChI=1S/C15H17FO3/c1-2-19-15(18)13-9-12(13)14(17)8-5-10-3-6-11(16)7-4-10/h3-4,6-7,12-13H,2,5,8-9H2,1H3/t12-,13-/m0/s1. The molecular formula is C15H17FO3. The summed E-state index contributed by atoms with van der Waals surface area (Å²) in [6.45, 7) is 2.11. The zero-order valence-corrected chi connectivity index (χ0v) is 10.9. The van der Waals surface area contributed by atoms with Gasteiger partial charge in [-0.25, -0.2) is 4.39 Å². The predicted octanol–water partition coefficient (Wildman–Crippen LogP) is 2.53. The lowest BCUT2D eigenvalue weighted by Crippen LogP contribution is -2.12. The molecule has 0 amide bonds. The van der Waals surface area contributed by atoms with Crippen LogP contribution in [0.3, 0.4) is 0 Å². The molecule has 0 aromatic heterocycles. The minimum absolute atomic E-state index is 0.0994. The van der Waals surface area contributed by atoms with Gasteiger partial charge in [0.15, 0.2) is 0 Å². The number of hydrogen-bond acceptors (Lipinski definition) is 3. The van der Waals surface area contributed by atoms with E-state index in [-0.39, 0.29) is 29.4 Å². The van der Waals surface area contributed by atoms with Crippen molar-refractivity contribution in [2.75, 3.05) is 6.61 Å². The summed E-state index contributed by atoms with van der Waals surface area (Å²) in [5.74, 6) is -0.843. The highest BCUT2D eigenvalue weighted by atomic mass is 19.1. The maximum Gasteiger partial charge on any atom is 0.309 e. The van der Waals surface area contributed by atoms with Gasteiger partial charge in [-0.15, -0.1) is 0 Å². The third kappa shape index (κ3) is 3.63. The number of rotatable bonds is 6. The van der Waals surface area contributed by atoms with E-state index in [1.807, 2.05) is 0 Å². The van der Waals surface area contributed by atoms with E-state index in [2.05, 4.69) is 0 Å². The van der Waals surface area contributed by atoms with E-state index in [1.165, 1.54) is 12.1 Å². The topological polar surface area (TPSA) is 43.4 Å². The van der Waals surface area contributed by atoms with Crippen LogP contribution in [-0.2, 0) is 20.7 Å². The van der Waals surface area contributed by atoms with Crippen LogP contribution in [-0.4, -0.2) is 18.4 Å². The van der Waals surface area contributed by atoms with Gasteiger partial charge in [0.1, 0.15) is 11.6 Å². The molecule has 1 fully saturated rings. The van der Waals surface area contributed by atoms with Crippen LogP contribution in [0.2, 0.25) is 0 Å². The minimum atomic E-state index is -0.278. The van der Waals surface area contributed by atoms with Gasteiger partial charge >= 0.3 is 5.97 Å². The Bertz CT molecular complexity index is 467. The number of aryl methyl sites for hydroxylation is 1. The van der Waals surface area contributed by atoms with E-state index < -0.39 is 0 Å². The number of halogens is 1. The lowest BCUT2D eigenvalue weighted by atomic mass is 10.0. The Labute approximate surface area is 111 Å². The third-order valence-corrected chi connectivity index (χ3v) is 3.37. The monoisotopic (exact) mass is 264 g/mol. The predicted molar refractivity (Wildman–Crippen MR) is 68.0 cm³/mol. The molecule has 1 aromatic rings. The molecule has 1 saturated carbocycles. The first kappa shape index (κ1) is 13.7. The third-order valence-electron chi connectivity index (χ3n) is 3.37. The Balaban J connectivity index is 1.77. The summed E-state index contributed by atoms with van der Waals surface area (Å²) in [5.41, 5.74) is 0.933. The number of carbonyl (C=O) groups excluding carboxylic acids is 2. The Morgan fingerprint density at radius 3 is 2.58 bits per heavy atom. The highest BCUT2D eigenvalue weighted by Gasteiger charge is 2.48. The van der Waals surface area contributed by atoms with Crippen LogP contribution in [0, 0.1) is 17.7 Å². The quantitative estimate of drug-likeness (QED) is 0.741. The molecule has 0 unspecified atom stereocenters. The van der Waals surface area contributed by atoms with Crippen molar-refractivity contribution in [3.63, 3.8) is 0 Å². The van der Waals surface area contributed by atoms with Crippen molar-refractivity contribution in [1.82, 2.24) is 0 Å². The second-order valence-corrected chi connectivity index (χ2v) is 4.79. The number of esters is 1. The second kappa shape index (κ2) is 5.95. The van der Waals surface area contributed by atoms with Gasteiger partial charge in [0.25, 0.3) is 0 Å². The molecule has 0 saturated heterocycles. The van der Waals surface area contributed by atoms with Gasteiger partial charge in [-0.2, -0.15) is 0 Å². The van der Waals surface area contributed by atoms with Gasteiger partial charge in [0, 0.05) is 12.3 Å². The lowest BCUT2D eigenvalue weighted by Gasteiger charge is -2.02. The van der Waals surface area contributed by atoms with E-state index in [9.17, 15) is 14.0 Å². The molecule has 2 rings (SSSR count). The number of hydrogen-bond donors (Lipinski definition) is 0. The molecular weight excluding hydrogens is 247 g/mol. The highest BCUT2D eigenvalue weighted by molar-refractivity contribution is 5.91. The molecule has 0 spiro atoms. The SMILES string of the molecule is CCOC(=O)[C@H]1C[C@@H]1C(=O)CCc1ccc(F)cc1. The molecule has 0 N–H and O–H groups in total. The van der Waals surface area contributed by atoms with Crippen molar-refractivity contribution in [2.24, 2.45) is 11.8 Å². The fourth-order valence-corrected chi connectivity index (χ4v) is 2.16. The molecule has 0 heterocycles. The molecule has 19 heavy (non-hydrogen) atoms. The summed E-state index contributed by atoms with van der Waals surface area (Å²) in [5, 5.41) is 0. The van der Waals surface area contributed by atoms with Crippen molar-refractivity contribution in [3.05, 3.63) is 35.6 Å². The Morgan fingerprint density at radius 2 is 1.95 bits per heavy atom. The molecule has 3 nitrogen and oxygen atoms in total. The fourth-order valence-electron chi connectivity index (χ4n) is 2.16. The fraction of sp³-hybridized carbons (Fsp3) is 0.467. The number of ether oxygens (including phenoxy) is 1. The smallest absolute Gasteiger partial charge is 0.309 e. The van der Waals surface area contributed by atoms with E-state index >= 15 is 0 Å². The molecule has 1 aliphatic carbocycles. The summed E-state index contributed by atoms with van der Waals surface area (Å²) in [6.07, 6.45) is 1.60. The van der Waals surface area contributed by atoms with Crippen molar-refractivity contribution < 1.29 is 18.7 Å². The molecule has 0 aliphatic heterocycles. The zero-order chi connectivity index (χ0) is 13.8.